The first-order valence-electron chi connectivity index (χ1n) is 5.23. The summed E-state index contributed by atoms with van der Waals surface area (Å²) in [5.41, 5.74) is 0.476. The molecule has 102 valence electrons. The summed E-state index contributed by atoms with van der Waals surface area (Å²) in [6.07, 6.45) is -0.812. The first kappa shape index (κ1) is 13.7. The maximum absolute atomic E-state index is 10.7. The second kappa shape index (κ2) is 5.08. The summed E-state index contributed by atoms with van der Waals surface area (Å²) in [6, 6.07) is 5.54. The minimum Gasteiger partial charge on any atom is -0.339 e. The smallest absolute Gasteiger partial charge is 0.339 e. The molecule has 0 bridgehead atoms. The average molecular weight is 289 g/mol. The molecule has 1 aromatic rings. The van der Waals surface area contributed by atoms with Gasteiger partial charge in [0.25, 0.3) is 5.69 Å². The van der Waals surface area contributed by atoms with E-state index >= 15 is 0 Å². The van der Waals surface area contributed by atoms with Crippen LogP contribution in [0.25, 0.3) is 0 Å². The highest BCUT2D eigenvalue weighted by Crippen LogP contribution is 2.31. The highest BCUT2D eigenvalue weighted by atomic mass is 35.5. The normalized spacial score (nSPS) is 26.9. The highest BCUT2D eigenvalue weighted by molar-refractivity contribution is 6.23. The predicted octanol–water partition coefficient (Wildman–Crippen LogP) is 1.85. The molecule has 0 N–H and O–H groups in total. The van der Waals surface area contributed by atoms with Crippen molar-refractivity contribution in [2.75, 3.05) is 13.2 Å². The van der Waals surface area contributed by atoms with Crippen LogP contribution in [0.4, 0.5) is 5.69 Å². The molecule has 1 saturated heterocycles. The number of alkyl halides is 1. The van der Waals surface area contributed by atoms with Gasteiger partial charge in [-0.2, -0.15) is 0 Å². The molecular formula is C10H9ClN2O6. The lowest BCUT2D eigenvalue weighted by atomic mass is 10.2. The first-order chi connectivity index (χ1) is 8.92. The van der Waals surface area contributed by atoms with Crippen molar-refractivity contribution in [3.05, 3.63) is 50.1 Å². The Kier molecular flexibility index (Phi) is 3.65. The molecule has 0 unspecified atom stereocenters. The van der Waals surface area contributed by atoms with E-state index in [4.69, 9.17) is 21.1 Å². The second-order valence-electron chi connectivity index (χ2n) is 3.98. The summed E-state index contributed by atoms with van der Waals surface area (Å²) < 4.78 is 10.4. The van der Waals surface area contributed by atoms with Gasteiger partial charge in [0.2, 0.25) is 0 Å². The zero-order valence-electron chi connectivity index (χ0n) is 9.52. The van der Waals surface area contributed by atoms with Gasteiger partial charge in [-0.1, -0.05) is 0 Å². The van der Waals surface area contributed by atoms with E-state index in [0.29, 0.717) is 5.56 Å². The van der Waals surface area contributed by atoms with E-state index < -0.39 is 21.1 Å². The number of ether oxygens (including phenoxy) is 2. The van der Waals surface area contributed by atoms with Crippen molar-refractivity contribution >= 4 is 17.3 Å². The number of halogens is 1. The minimum atomic E-state index is -1.78. The van der Waals surface area contributed by atoms with Crippen LogP contribution in [0.1, 0.15) is 11.9 Å². The summed E-state index contributed by atoms with van der Waals surface area (Å²) in [5.74, 6) is 0. The molecule has 0 aliphatic carbocycles. The number of nitrogens with zero attached hydrogens (tertiary/aromatic N) is 2. The third kappa shape index (κ3) is 2.80. The number of benzene rings is 1. The van der Waals surface area contributed by atoms with E-state index in [1.54, 1.807) is 0 Å². The zero-order valence-corrected chi connectivity index (χ0v) is 10.3. The quantitative estimate of drug-likeness (QED) is 0.364. The van der Waals surface area contributed by atoms with E-state index in [1.807, 2.05) is 0 Å². The SMILES string of the molecule is O=[N+]([O-])c1ccc(C2OCC(Cl)([N+](=O)[O-])CO2)cc1. The van der Waals surface area contributed by atoms with Gasteiger partial charge in [-0.05, 0) is 23.7 Å². The Morgan fingerprint density at radius 3 is 2.11 bits per heavy atom. The van der Waals surface area contributed by atoms with Crippen molar-refractivity contribution in [2.24, 2.45) is 0 Å². The Morgan fingerprint density at radius 1 is 1.16 bits per heavy atom. The molecular weight excluding hydrogens is 280 g/mol. The van der Waals surface area contributed by atoms with Crippen molar-refractivity contribution in [2.45, 2.75) is 11.3 Å². The summed E-state index contributed by atoms with van der Waals surface area (Å²) >= 11 is 5.69. The fourth-order valence-corrected chi connectivity index (χ4v) is 1.67. The molecule has 1 heterocycles. The molecule has 19 heavy (non-hydrogen) atoms. The Balaban J connectivity index is 2.05. The molecule has 1 fully saturated rings. The van der Waals surface area contributed by atoms with Gasteiger partial charge in [0.15, 0.2) is 6.29 Å². The van der Waals surface area contributed by atoms with Crippen LogP contribution < -0.4 is 0 Å². The van der Waals surface area contributed by atoms with Crippen molar-refractivity contribution in [3.8, 4) is 0 Å². The monoisotopic (exact) mass is 288 g/mol. The van der Waals surface area contributed by atoms with Gasteiger partial charge in [-0.25, -0.2) is 0 Å². The van der Waals surface area contributed by atoms with Crippen LogP contribution in [-0.2, 0) is 9.47 Å². The third-order valence-corrected chi connectivity index (χ3v) is 2.97. The Bertz CT molecular complexity index is 497. The standard InChI is InChI=1S/C10H9ClN2O6/c11-10(13(16)17)5-18-9(19-6-10)7-1-3-8(4-2-7)12(14)15/h1-4,9H,5-6H2. The van der Waals surface area contributed by atoms with Crippen molar-refractivity contribution in [1.29, 1.82) is 0 Å². The average Bonchev–Trinajstić information content (AvgIpc) is 2.39. The second-order valence-corrected chi connectivity index (χ2v) is 4.68. The molecule has 2 rings (SSSR count). The molecule has 1 aromatic carbocycles. The third-order valence-electron chi connectivity index (χ3n) is 2.62. The zero-order chi connectivity index (χ0) is 14.0. The minimum absolute atomic E-state index is 0.0588. The lowest BCUT2D eigenvalue weighted by Crippen LogP contribution is -2.46. The number of nitro groups is 2. The lowest BCUT2D eigenvalue weighted by molar-refractivity contribution is -0.563. The van der Waals surface area contributed by atoms with Crippen molar-refractivity contribution < 1.29 is 19.3 Å². The van der Waals surface area contributed by atoms with Crippen LogP contribution in [0.5, 0.6) is 0 Å². The largest absolute Gasteiger partial charge is 0.341 e. The van der Waals surface area contributed by atoms with Crippen molar-refractivity contribution in [1.82, 2.24) is 0 Å². The maximum Gasteiger partial charge on any atom is 0.341 e. The van der Waals surface area contributed by atoms with Crippen LogP contribution in [0.3, 0.4) is 0 Å². The maximum atomic E-state index is 10.7. The topological polar surface area (TPSA) is 105 Å². The van der Waals surface area contributed by atoms with Gasteiger partial charge < -0.3 is 9.47 Å². The van der Waals surface area contributed by atoms with Crippen LogP contribution in [-0.4, -0.2) is 28.1 Å². The van der Waals surface area contributed by atoms with E-state index in [9.17, 15) is 20.2 Å². The van der Waals surface area contributed by atoms with E-state index in [0.717, 1.165) is 0 Å². The molecule has 0 saturated carbocycles. The number of hydrogen-bond donors (Lipinski definition) is 0. The predicted molar refractivity (Wildman–Crippen MR) is 63.3 cm³/mol. The van der Waals surface area contributed by atoms with Gasteiger partial charge in [0, 0.05) is 22.6 Å². The Labute approximate surface area is 112 Å². The van der Waals surface area contributed by atoms with Gasteiger partial charge in [0.1, 0.15) is 13.2 Å². The number of nitro benzene ring substituents is 1. The van der Waals surface area contributed by atoms with Crippen LogP contribution in [0.15, 0.2) is 24.3 Å². The van der Waals surface area contributed by atoms with Crippen LogP contribution in [0.2, 0.25) is 0 Å². The first-order valence-corrected chi connectivity index (χ1v) is 5.61. The number of hydrogen-bond acceptors (Lipinski definition) is 6. The molecule has 0 aromatic heterocycles. The molecule has 0 atom stereocenters. The highest BCUT2D eigenvalue weighted by Gasteiger charge is 2.46. The Hall–Kier alpha value is -1.77. The molecule has 9 heteroatoms. The van der Waals surface area contributed by atoms with Crippen molar-refractivity contribution in [3.63, 3.8) is 0 Å². The Morgan fingerprint density at radius 2 is 1.68 bits per heavy atom. The molecule has 0 amide bonds. The lowest BCUT2D eigenvalue weighted by Gasteiger charge is -2.29. The van der Waals surface area contributed by atoms with E-state index in [-0.39, 0.29) is 18.9 Å². The summed E-state index contributed by atoms with van der Waals surface area (Å²) in [5, 5.41) is 21.2. The fraction of sp³-hybridized carbons (Fsp3) is 0.400. The van der Waals surface area contributed by atoms with Gasteiger partial charge in [-0.3, -0.25) is 20.2 Å². The van der Waals surface area contributed by atoms with Gasteiger partial charge in [0.05, 0.1) is 4.92 Å². The van der Waals surface area contributed by atoms with Crippen LogP contribution >= 0.6 is 11.6 Å². The molecule has 1 aliphatic rings. The van der Waals surface area contributed by atoms with Gasteiger partial charge >= 0.3 is 5.00 Å². The fourth-order valence-electron chi connectivity index (χ4n) is 1.55. The summed E-state index contributed by atoms with van der Waals surface area (Å²) in [6.45, 7) is -0.605. The van der Waals surface area contributed by atoms with E-state index in [1.165, 1.54) is 24.3 Å². The molecule has 8 nitrogen and oxygen atoms in total. The van der Waals surface area contributed by atoms with E-state index in [2.05, 4.69) is 0 Å². The van der Waals surface area contributed by atoms with Gasteiger partial charge in [-0.15, -0.1) is 0 Å². The number of rotatable bonds is 3. The molecule has 0 radical (unpaired) electrons. The molecule has 0 spiro atoms. The summed E-state index contributed by atoms with van der Waals surface area (Å²) in [7, 11) is 0. The van der Waals surface area contributed by atoms with Crippen LogP contribution in [0, 0.1) is 20.2 Å². The molecule has 1 aliphatic heterocycles. The number of non-ortho nitro benzene ring substituents is 1. The summed E-state index contributed by atoms with van der Waals surface area (Å²) in [4.78, 5) is 18.2.